The van der Waals surface area contributed by atoms with Crippen LogP contribution in [0.15, 0.2) is 40.7 Å². The number of carbonyl (C=O) groups is 2. The standard InChI is InChI=1S/C17H20N6O4S/c1-4-27-15(24)14-10(2)18-16(25)19-13(14)9-28-17-20-21-22-23(17)11-5-7-12(26-3)8-6-11/h5-8,10H,4,9H2,1-3H3,(H2,18,19,25). The number of ether oxygens (including phenoxy) is 2. The van der Waals surface area contributed by atoms with E-state index >= 15 is 0 Å². The summed E-state index contributed by atoms with van der Waals surface area (Å²) < 4.78 is 11.8. The molecule has 1 aromatic carbocycles. The van der Waals surface area contributed by atoms with Crippen molar-refractivity contribution >= 4 is 23.8 Å². The fraction of sp³-hybridized carbons (Fsp3) is 0.353. The van der Waals surface area contributed by atoms with Gasteiger partial charge in [-0.15, -0.1) is 5.10 Å². The Morgan fingerprint density at radius 2 is 2.07 bits per heavy atom. The average Bonchev–Trinajstić information content (AvgIpc) is 3.14. The molecular formula is C17H20N6O4S. The Hall–Kier alpha value is -3.08. The topological polar surface area (TPSA) is 120 Å². The van der Waals surface area contributed by atoms with E-state index in [1.165, 1.54) is 11.8 Å². The van der Waals surface area contributed by atoms with Crippen LogP contribution in [0, 0.1) is 0 Å². The van der Waals surface area contributed by atoms with Crippen molar-refractivity contribution in [1.29, 1.82) is 0 Å². The monoisotopic (exact) mass is 404 g/mol. The molecular weight excluding hydrogens is 384 g/mol. The number of esters is 1. The van der Waals surface area contributed by atoms with Crippen LogP contribution in [0.3, 0.4) is 0 Å². The molecule has 0 saturated carbocycles. The molecule has 2 amide bonds. The van der Waals surface area contributed by atoms with Crippen LogP contribution in [-0.4, -0.2) is 57.7 Å². The van der Waals surface area contributed by atoms with E-state index in [1.54, 1.807) is 25.6 Å². The lowest BCUT2D eigenvalue weighted by atomic mass is 10.1. The summed E-state index contributed by atoms with van der Waals surface area (Å²) in [4.78, 5) is 24.1. The van der Waals surface area contributed by atoms with E-state index in [-0.39, 0.29) is 12.6 Å². The smallest absolute Gasteiger partial charge is 0.337 e. The predicted molar refractivity (Wildman–Crippen MR) is 101 cm³/mol. The van der Waals surface area contributed by atoms with Crippen LogP contribution in [0.4, 0.5) is 4.79 Å². The molecule has 10 nitrogen and oxygen atoms in total. The molecule has 1 aliphatic heterocycles. The number of hydrogen-bond acceptors (Lipinski definition) is 8. The van der Waals surface area contributed by atoms with Gasteiger partial charge in [-0.1, -0.05) is 11.8 Å². The first kappa shape index (κ1) is 19.7. The number of rotatable bonds is 7. The van der Waals surface area contributed by atoms with Crippen molar-refractivity contribution in [1.82, 2.24) is 30.8 Å². The highest BCUT2D eigenvalue weighted by molar-refractivity contribution is 7.99. The first-order valence-electron chi connectivity index (χ1n) is 8.56. The third-order valence-corrected chi connectivity index (χ3v) is 4.91. The Morgan fingerprint density at radius 1 is 1.32 bits per heavy atom. The Morgan fingerprint density at radius 3 is 2.75 bits per heavy atom. The number of tetrazole rings is 1. The molecule has 0 spiro atoms. The molecule has 0 saturated heterocycles. The first-order valence-corrected chi connectivity index (χ1v) is 9.55. The third kappa shape index (κ3) is 4.25. The minimum absolute atomic E-state index is 0.249. The van der Waals surface area contributed by atoms with Gasteiger partial charge in [0.05, 0.1) is 31.0 Å². The van der Waals surface area contributed by atoms with Gasteiger partial charge >= 0.3 is 12.0 Å². The van der Waals surface area contributed by atoms with Crippen LogP contribution < -0.4 is 15.4 Å². The van der Waals surface area contributed by atoms with E-state index in [4.69, 9.17) is 9.47 Å². The van der Waals surface area contributed by atoms with E-state index < -0.39 is 12.0 Å². The van der Waals surface area contributed by atoms with Crippen molar-refractivity contribution < 1.29 is 19.1 Å². The summed E-state index contributed by atoms with van der Waals surface area (Å²) in [6, 6.07) is 6.45. The maximum atomic E-state index is 12.3. The zero-order valence-corrected chi connectivity index (χ0v) is 16.4. The van der Waals surface area contributed by atoms with E-state index in [1.807, 2.05) is 24.3 Å². The largest absolute Gasteiger partial charge is 0.497 e. The maximum Gasteiger partial charge on any atom is 0.337 e. The Labute approximate surface area is 165 Å². The lowest BCUT2D eigenvalue weighted by Gasteiger charge is -2.26. The molecule has 28 heavy (non-hydrogen) atoms. The van der Waals surface area contributed by atoms with Crippen LogP contribution in [0.25, 0.3) is 5.69 Å². The summed E-state index contributed by atoms with van der Waals surface area (Å²) in [5.41, 5.74) is 1.62. The van der Waals surface area contributed by atoms with Crippen LogP contribution in [0.2, 0.25) is 0 Å². The molecule has 2 heterocycles. The van der Waals surface area contributed by atoms with Crippen molar-refractivity contribution in [2.24, 2.45) is 0 Å². The number of thioether (sulfide) groups is 1. The number of nitrogens with zero attached hydrogens (tertiary/aromatic N) is 4. The van der Waals surface area contributed by atoms with Gasteiger partial charge in [0.2, 0.25) is 5.16 Å². The highest BCUT2D eigenvalue weighted by atomic mass is 32.2. The number of urea groups is 1. The fourth-order valence-corrected chi connectivity index (χ4v) is 3.54. The molecule has 1 aromatic heterocycles. The zero-order valence-electron chi connectivity index (χ0n) is 15.6. The normalized spacial score (nSPS) is 16.4. The van der Waals surface area contributed by atoms with Gasteiger partial charge in [-0.3, -0.25) is 0 Å². The molecule has 0 fully saturated rings. The van der Waals surface area contributed by atoms with Gasteiger partial charge in [-0.25, -0.2) is 9.59 Å². The predicted octanol–water partition coefficient (Wildman–Crippen LogP) is 1.28. The van der Waals surface area contributed by atoms with E-state index in [0.29, 0.717) is 22.2 Å². The second kappa shape index (κ2) is 8.74. The fourth-order valence-electron chi connectivity index (χ4n) is 2.68. The second-order valence-electron chi connectivity index (χ2n) is 5.79. The quantitative estimate of drug-likeness (QED) is 0.523. The number of carbonyl (C=O) groups excluding carboxylic acids is 2. The Balaban J connectivity index is 1.82. The number of hydrogen-bond donors (Lipinski definition) is 2. The summed E-state index contributed by atoms with van der Waals surface area (Å²) in [6.45, 7) is 3.71. The lowest BCUT2D eigenvalue weighted by molar-refractivity contribution is -0.138. The van der Waals surface area contributed by atoms with Crippen molar-refractivity contribution in [3.8, 4) is 11.4 Å². The van der Waals surface area contributed by atoms with Crippen molar-refractivity contribution in [3.63, 3.8) is 0 Å². The second-order valence-corrected chi connectivity index (χ2v) is 6.74. The number of methoxy groups -OCH3 is 1. The van der Waals surface area contributed by atoms with Gasteiger partial charge in [-0.05, 0) is 48.5 Å². The molecule has 2 aromatic rings. The molecule has 1 atom stereocenters. The van der Waals surface area contributed by atoms with Crippen LogP contribution in [-0.2, 0) is 9.53 Å². The number of benzene rings is 1. The SMILES string of the molecule is CCOC(=O)C1=C(CSc2nnnn2-c2ccc(OC)cc2)NC(=O)NC1C. The molecule has 0 radical (unpaired) electrons. The molecule has 0 bridgehead atoms. The van der Waals surface area contributed by atoms with Crippen LogP contribution >= 0.6 is 11.8 Å². The molecule has 1 unspecified atom stereocenters. The summed E-state index contributed by atoms with van der Waals surface area (Å²) in [5, 5.41) is 17.6. The molecule has 3 rings (SSSR count). The van der Waals surface area contributed by atoms with Crippen molar-refractivity contribution in [3.05, 3.63) is 35.5 Å². The van der Waals surface area contributed by atoms with Gasteiger partial charge in [0.1, 0.15) is 5.75 Å². The molecule has 2 N–H and O–H groups in total. The van der Waals surface area contributed by atoms with E-state index in [9.17, 15) is 9.59 Å². The minimum Gasteiger partial charge on any atom is -0.497 e. The zero-order chi connectivity index (χ0) is 20.1. The van der Waals surface area contributed by atoms with Gasteiger partial charge in [0.25, 0.3) is 0 Å². The van der Waals surface area contributed by atoms with Crippen molar-refractivity contribution in [2.75, 3.05) is 19.5 Å². The number of aromatic nitrogens is 4. The van der Waals surface area contributed by atoms with Crippen LogP contribution in [0.1, 0.15) is 13.8 Å². The average molecular weight is 404 g/mol. The first-order chi connectivity index (χ1) is 13.5. The molecule has 148 valence electrons. The molecule has 0 aliphatic carbocycles. The lowest BCUT2D eigenvalue weighted by Crippen LogP contribution is -2.49. The van der Waals surface area contributed by atoms with Crippen LogP contribution in [0.5, 0.6) is 5.75 Å². The summed E-state index contributed by atoms with van der Waals surface area (Å²) >= 11 is 1.30. The molecule has 11 heteroatoms. The van der Waals surface area contributed by atoms with E-state index in [0.717, 1.165) is 11.4 Å². The van der Waals surface area contributed by atoms with Gasteiger partial charge in [0, 0.05) is 11.4 Å². The summed E-state index contributed by atoms with van der Waals surface area (Å²) in [6.07, 6.45) is 0. The van der Waals surface area contributed by atoms with E-state index in [2.05, 4.69) is 26.2 Å². The van der Waals surface area contributed by atoms with Gasteiger partial charge < -0.3 is 20.1 Å². The molecule has 1 aliphatic rings. The van der Waals surface area contributed by atoms with Gasteiger partial charge in [-0.2, -0.15) is 4.68 Å². The number of nitrogens with one attached hydrogen (secondary N) is 2. The van der Waals surface area contributed by atoms with Gasteiger partial charge in [0.15, 0.2) is 0 Å². The highest BCUT2D eigenvalue weighted by Crippen LogP contribution is 2.24. The maximum absolute atomic E-state index is 12.3. The highest BCUT2D eigenvalue weighted by Gasteiger charge is 2.30. The Kier molecular flexibility index (Phi) is 6.14. The summed E-state index contributed by atoms with van der Waals surface area (Å²) in [5.74, 6) is 0.553. The number of amides is 2. The third-order valence-electron chi connectivity index (χ3n) is 3.97. The summed E-state index contributed by atoms with van der Waals surface area (Å²) in [7, 11) is 1.59. The minimum atomic E-state index is -0.465. The Bertz CT molecular complexity index is 895. The van der Waals surface area contributed by atoms with Crippen molar-refractivity contribution in [2.45, 2.75) is 25.0 Å².